The maximum atomic E-state index is 14.1. The van der Waals surface area contributed by atoms with Gasteiger partial charge in [-0.2, -0.15) is 0 Å². The van der Waals surface area contributed by atoms with Crippen LogP contribution in [0.3, 0.4) is 0 Å². The van der Waals surface area contributed by atoms with Crippen LogP contribution >= 0.6 is 11.6 Å². The number of benzene rings is 4. The smallest absolute Gasteiger partial charge is 0.293 e. The van der Waals surface area contributed by atoms with Crippen molar-refractivity contribution in [3.63, 3.8) is 0 Å². The molecule has 0 bridgehead atoms. The molecule has 1 atom stereocenters. The third-order valence-electron chi connectivity index (χ3n) is 16.1. The molecule has 17 heteroatoms. The molecule has 1 unspecified atom stereocenters. The van der Waals surface area contributed by atoms with E-state index in [1.807, 2.05) is 31.2 Å². The number of nitro benzene ring substituents is 1. The van der Waals surface area contributed by atoms with Gasteiger partial charge in [0.25, 0.3) is 21.6 Å². The van der Waals surface area contributed by atoms with Crippen LogP contribution in [0.15, 0.2) is 114 Å². The molecule has 2 aliphatic carbocycles. The molecule has 73 heavy (non-hydrogen) atoms. The molecule has 4 aliphatic rings. The second kappa shape index (κ2) is 20.7. The van der Waals surface area contributed by atoms with Crippen molar-refractivity contribution >= 4 is 55.6 Å². The van der Waals surface area contributed by atoms with E-state index in [-0.39, 0.29) is 28.3 Å². The maximum Gasteiger partial charge on any atom is 0.293 e. The van der Waals surface area contributed by atoms with E-state index < -0.39 is 37.0 Å². The molecule has 384 valence electrons. The van der Waals surface area contributed by atoms with Gasteiger partial charge in [0.05, 0.1) is 27.2 Å². The summed E-state index contributed by atoms with van der Waals surface area (Å²) in [6, 6.07) is 30.4. The van der Waals surface area contributed by atoms with Crippen LogP contribution < -0.4 is 19.7 Å². The van der Waals surface area contributed by atoms with E-state index in [9.17, 15) is 28.4 Å². The van der Waals surface area contributed by atoms with Crippen LogP contribution in [0.1, 0.15) is 111 Å². The zero-order valence-corrected chi connectivity index (χ0v) is 43.3. The Kier molecular flexibility index (Phi) is 14.3. The fourth-order valence-electron chi connectivity index (χ4n) is 11.8. The normalized spacial score (nSPS) is 21.8. The maximum absolute atomic E-state index is 14.1. The van der Waals surface area contributed by atoms with E-state index in [1.165, 1.54) is 28.8 Å². The molecule has 15 nitrogen and oxygen atoms in total. The number of aromatic nitrogens is 2. The Balaban J connectivity index is 0.832. The first kappa shape index (κ1) is 50.5. The lowest BCUT2D eigenvalue weighted by Gasteiger charge is -2.58. The summed E-state index contributed by atoms with van der Waals surface area (Å²) in [7, 11) is -4.59. The first-order valence-electron chi connectivity index (χ1n) is 25.6. The fourth-order valence-corrected chi connectivity index (χ4v) is 12.9. The molecule has 4 aromatic carbocycles. The lowest BCUT2D eigenvalue weighted by atomic mass is 9.59. The van der Waals surface area contributed by atoms with Gasteiger partial charge in [0.15, 0.2) is 0 Å². The number of piperidine rings is 1. The van der Waals surface area contributed by atoms with Crippen molar-refractivity contribution in [3.05, 3.63) is 147 Å². The van der Waals surface area contributed by atoms with Crippen molar-refractivity contribution in [2.75, 3.05) is 49.5 Å². The molecule has 2 aromatic heterocycles. The predicted octanol–water partition coefficient (Wildman–Crippen LogP) is 10.8. The van der Waals surface area contributed by atoms with Gasteiger partial charge in [-0.05, 0) is 141 Å². The van der Waals surface area contributed by atoms with Crippen molar-refractivity contribution in [2.24, 2.45) is 11.3 Å². The van der Waals surface area contributed by atoms with Crippen LogP contribution in [-0.2, 0) is 16.6 Å². The van der Waals surface area contributed by atoms with Crippen LogP contribution in [0, 0.1) is 21.4 Å². The predicted molar refractivity (Wildman–Crippen MR) is 285 cm³/mol. The molecular formula is C56H65ClN8O7S. The number of carbonyl (C=O) groups is 1. The van der Waals surface area contributed by atoms with Crippen LogP contribution in [0.4, 0.5) is 17.1 Å². The number of halogens is 1. The van der Waals surface area contributed by atoms with E-state index >= 15 is 0 Å². The van der Waals surface area contributed by atoms with E-state index in [0.717, 1.165) is 100.0 Å². The van der Waals surface area contributed by atoms with E-state index in [2.05, 4.69) is 85.0 Å². The minimum Gasteiger partial charge on any atom is -0.455 e. The molecule has 2 saturated heterocycles. The van der Waals surface area contributed by atoms with E-state index in [4.69, 9.17) is 16.3 Å². The average Bonchev–Trinajstić information content (AvgIpc) is 3.84. The summed E-state index contributed by atoms with van der Waals surface area (Å²) in [5.74, 6) is 0.165. The highest BCUT2D eigenvalue weighted by molar-refractivity contribution is 7.90. The van der Waals surface area contributed by atoms with Crippen LogP contribution in [0.2, 0.25) is 5.02 Å². The molecule has 1 spiro atoms. The third-order valence-corrected chi connectivity index (χ3v) is 17.7. The number of rotatable bonds is 15. The summed E-state index contributed by atoms with van der Waals surface area (Å²) >= 11 is 6.23. The summed E-state index contributed by atoms with van der Waals surface area (Å²) in [5, 5.41) is 27.2. The average molecular weight is 1030 g/mol. The van der Waals surface area contributed by atoms with E-state index in [0.29, 0.717) is 48.8 Å². The van der Waals surface area contributed by atoms with Crippen molar-refractivity contribution in [3.8, 4) is 11.5 Å². The minimum atomic E-state index is -4.59. The molecule has 2 saturated carbocycles. The number of sulfonamides is 1. The van der Waals surface area contributed by atoms with Gasteiger partial charge in [0, 0.05) is 92.3 Å². The number of amides is 1. The van der Waals surface area contributed by atoms with Crippen LogP contribution in [0.25, 0.3) is 11.0 Å². The molecular weight excluding hydrogens is 964 g/mol. The number of piperazine rings is 1. The zero-order chi connectivity index (χ0) is 51.1. The molecule has 4 heterocycles. The largest absolute Gasteiger partial charge is 0.455 e. The summed E-state index contributed by atoms with van der Waals surface area (Å²) in [6.45, 7) is 12.3. The summed E-state index contributed by atoms with van der Waals surface area (Å²) in [4.78, 5) is 40.5. The second-order valence-electron chi connectivity index (χ2n) is 21.5. The number of nitrogens with zero attached hydrogens (tertiary/aromatic N) is 5. The number of anilines is 2. The molecule has 4 N–H and O–H groups in total. The number of hydrogen-bond donors (Lipinski definition) is 4. The van der Waals surface area contributed by atoms with Gasteiger partial charge < -0.3 is 25.0 Å². The number of aromatic amines is 1. The monoisotopic (exact) mass is 1030 g/mol. The lowest BCUT2D eigenvalue weighted by molar-refractivity contribution is -0.384. The molecule has 6 aromatic rings. The van der Waals surface area contributed by atoms with Crippen LogP contribution in [-0.4, -0.2) is 95.0 Å². The number of nitrogens with one attached hydrogen (secondary N) is 3. The molecule has 2 aliphatic heterocycles. The van der Waals surface area contributed by atoms with E-state index in [1.54, 1.807) is 30.6 Å². The van der Waals surface area contributed by atoms with Gasteiger partial charge in [0.2, 0.25) is 0 Å². The number of ether oxygens (including phenoxy) is 1. The molecule has 4 fully saturated rings. The van der Waals surface area contributed by atoms with Crippen molar-refractivity contribution in [1.82, 2.24) is 24.5 Å². The van der Waals surface area contributed by atoms with Gasteiger partial charge in [-0.15, -0.1) is 0 Å². The van der Waals surface area contributed by atoms with Gasteiger partial charge >= 0.3 is 0 Å². The Morgan fingerprint density at radius 1 is 0.959 bits per heavy atom. The number of fused-ring (bicyclic) bond motifs is 1. The first-order chi connectivity index (χ1) is 35.0. The molecule has 10 rings (SSSR count). The number of H-pyrrole nitrogens is 1. The fraction of sp³-hybridized carbons (Fsp3) is 0.429. The van der Waals surface area contributed by atoms with Gasteiger partial charge in [0.1, 0.15) is 22.8 Å². The summed E-state index contributed by atoms with van der Waals surface area (Å²) < 4.78 is 36.2. The summed E-state index contributed by atoms with van der Waals surface area (Å²) in [6.07, 6.45) is 10.4. The Labute approximate surface area is 432 Å². The number of carbonyl (C=O) groups excluding carboxylic acids is 1. The van der Waals surface area contributed by atoms with Crippen molar-refractivity contribution in [1.29, 1.82) is 0 Å². The number of hydrogen-bond acceptors (Lipinski definition) is 12. The third kappa shape index (κ3) is 11.2. The van der Waals surface area contributed by atoms with Crippen LogP contribution in [0.5, 0.6) is 11.5 Å². The standard InChI is InChI=1S/C56H65ClN8O7S/c1-37(2)46-6-4-5-7-47(46)51-36-62(35-39-8-10-41(57)11-9-39)26-27-64(51)43-31-56(32-43)21-24-63(25-22-56)42-12-14-48(52(29-42)72-44-28-40-18-23-58-53(40)60-34-44)54(66)61-73(70,71)45-13-15-49(50(30-45)65(68)69)59-33-38-16-19-55(3,67)20-17-38/h4-15,18,23,28-30,34,37-38,43,51,59,67H,16-17,19-22,24-27,31-33,35-36H2,1-3H3,(H,58,60)(H,61,66)/t38-,51?,55-. The highest BCUT2D eigenvalue weighted by Gasteiger charge is 2.50. The van der Waals surface area contributed by atoms with Crippen molar-refractivity contribution < 1.29 is 28.0 Å². The number of pyridine rings is 1. The Hall–Kier alpha value is -6.04. The van der Waals surface area contributed by atoms with Gasteiger partial charge in [-0.3, -0.25) is 24.7 Å². The Morgan fingerprint density at radius 3 is 2.45 bits per heavy atom. The highest BCUT2D eigenvalue weighted by atomic mass is 35.5. The lowest BCUT2D eigenvalue weighted by Crippen LogP contribution is -2.60. The topological polar surface area (TPSA) is 186 Å². The van der Waals surface area contributed by atoms with Gasteiger partial charge in [-0.25, -0.2) is 18.1 Å². The zero-order valence-electron chi connectivity index (χ0n) is 41.7. The molecule has 1 amide bonds. The first-order valence-corrected chi connectivity index (χ1v) is 27.5. The van der Waals surface area contributed by atoms with Crippen molar-refractivity contribution in [2.45, 2.75) is 107 Å². The number of aliphatic hydroxyl groups is 1. The van der Waals surface area contributed by atoms with Gasteiger partial charge in [-0.1, -0.05) is 61.8 Å². The second-order valence-corrected chi connectivity index (χ2v) is 23.6. The number of nitro groups is 1. The highest BCUT2D eigenvalue weighted by Crippen LogP contribution is 2.53. The summed E-state index contributed by atoms with van der Waals surface area (Å²) in [5.41, 5.74) is 4.85. The SMILES string of the molecule is CC(C)c1ccccc1C1CN(Cc2ccc(Cl)cc2)CCN1C1CC2(CCN(c3ccc(C(=O)NS(=O)(=O)c4ccc(NC[C@H]5CC[C@](C)(O)CC5)c([N+](=O)[O-])c4)c(Oc4cnc5[nH]ccc5c4)c3)CC2)C1. The molecule has 0 radical (unpaired) electrons. The Bertz CT molecular complexity index is 3080. The minimum absolute atomic E-state index is 0.0297. The quantitative estimate of drug-likeness (QED) is 0.0564. The Morgan fingerprint density at radius 2 is 1.71 bits per heavy atom.